The van der Waals surface area contributed by atoms with Crippen LogP contribution in [0, 0.1) is 5.92 Å². The number of fused-ring (bicyclic) bond motifs is 1. The normalized spacial score (nSPS) is 19.8. The van der Waals surface area contributed by atoms with Crippen LogP contribution in [0.3, 0.4) is 0 Å². The van der Waals surface area contributed by atoms with Gasteiger partial charge in [0.15, 0.2) is 0 Å². The SMILES string of the molecule is O=C(O)C1CCCN(C(c2ccsc2)c2ccc3ccccc3c2)C1. The molecule has 0 saturated carbocycles. The van der Waals surface area contributed by atoms with Crippen molar-refractivity contribution in [1.82, 2.24) is 4.90 Å². The molecule has 1 saturated heterocycles. The van der Waals surface area contributed by atoms with Gasteiger partial charge in [0.2, 0.25) is 0 Å². The Balaban J connectivity index is 1.74. The Kier molecular flexibility index (Phi) is 4.55. The molecule has 0 amide bonds. The number of likely N-dealkylation sites (tertiary alicyclic amines) is 1. The molecule has 2 atom stereocenters. The molecule has 0 bridgehead atoms. The molecule has 25 heavy (non-hydrogen) atoms. The van der Waals surface area contributed by atoms with Crippen molar-refractivity contribution < 1.29 is 9.90 Å². The van der Waals surface area contributed by atoms with E-state index in [0.29, 0.717) is 6.54 Å². The third-order valence-corrected chi connectivity index (χ3v) is 5.82. The van der Waals surface area contributed by atoms with E-state index in [1.54, 1.807) is 11.3 Å². The van der Waals surface area contributed by atoms with E-state index >= 15 is 0 Å². The second kappa shape index (κ2) is 6.98. The molecule has 3 nitrogen and oxygen atoms in total. The number of hydrogen-bond donors (Lipinski definition) is 1. The van der Waals surface area contributed by atoms with Crippen LogP contribution in [0.1, 0.15) is 30.0 Å². The van der Waals surface area contributed by atoms with E-state index in [2.05, 4.69) is 64.2 Å². The molecule has 1 aliphatic heterocycles. The summed E-state index contributed by atoms with van der Waals surface area (Å²) in [7, 11) is 0. The maximum atomic E-state index is 11.5. The molecule has 2 aromatic carbocycles. The Morgan fingerprint density at radius 1 is 1.12 bits per heavy atom. The summed E-state index contributed by atoms with van der Waals surface area (Å²) in [5.41, 5.74) is 2.49. The second-order valence-electron chi connectivity index (χ2n) is 6.74. The Morgan fingerprint density at radius 2 is 1.96 bits per heavy atom. The fourth-order valence-corrected chi connectivity index (χ4v) is 4.54. The van der Waals surface area contributed by atoms with E-state index in [9.17, 15) is 9.90 Å². The largest absolute Gasteiger partial charge is 0.481 e. The topological polar surface area (TPSA) is 40.5 Å². The van der Waals surface area contributed by atoms with Crippen LogP contribution >= 0.6 is 11.3 Å². The first kappa shape index (κ1) is 16.3. The number of piperidine rings is 1. The highest BCUT2D eigenvalue weighted by molar-refractivity contribution is 7.08. The maximum absolute atomic E-state index is 11.5. The number of aliphatic carboxylic acids is 1. The molecule has 4 heteroatoms. The van der Waals surface area contributed by atoms with Gasteiger partial charge in [0.25, 0.3) is 0 Å². The Hall–Kier alpha value is -2.17. The van der Waals surface area contributed by atoms with Gasteiger partial charge in [0, 0.05) is 6.54 Å². The average Bonchev–Trinajstić information content (AvgIpc) is 3.16. The highest BCUT2D eigenvalue weighted by Crippen LogP contribution is 2.35. The van der Waals surface area contributed by atoms with Gasteiger partial charge in [-0.1, -0.05) is 36.4 Å². The summed E-state index contributed by atoms with van der Waals surface area (Å²) in [4.78, 5) is 13.8. The zero-order valence-electron chi connectivity index (χ0n) is 14.0. The van der Waals surface area contributed by atoms with Crippen LogP contribution in [-0.2, 0) is 4.79 Å². The highest BCUT2D eigenvalue weighted by atomic mass is 32.1. The van der Waals surface area contributed by atoms with Crippen LogP contribution in [-0.4, -0.2) is 29.1 Å². The quantitative estimate of drug-likeness (QED) is 0.735. The molecule has 1 N–H and O–H groups in total. The number of benzene rings is 2. The van der Waals surface area contributed by atoms with E-state index in [4.69, 9.17) is 0 Å². The van der Waals surface area contributed by atoms with Gasteiger partial charge >= 0.3 is 5.97 Å². The van der Waals surface area contributed by atoms with E-state index in [1.807, 2.05) is 0 Å². The van der Waals surface area contributed by atoms with Gasteiger partial charge in [-0.15, -0.1) is 0 Å². The molecule has 2 heterocycles. The third kappa shape index (κ3) is 3.32. The Labute approximate surface area is 151 Å². The van der Waals surface area contributed by atoms with Gasteiger partial charge in [-0.3, -0.25) is 9.69 Å². The third-order valence-electron chi connectivity index (χ3n) is 5.12. The zero-order valence-corrected chi connectivity index (χ0v) is 14.8. The van der Waals surface area contributed by atoms with Crippen molar-refractivity contribution in [3.8, 4) is 0 Å². The Bertz CT molecular complexity index is 874. The van der Waals surface area contributed by atoms with Crippen LogP contribution in [0.25, 0.3) is 10.8 Å². The Morgan fingerprint density at radius 3 is 2.72 bits per heavy atom. The lowest BCUT2D eigenvalue weighted by Crippen LogP contribution is -2.41. The molecule has 0 radical (unpaired) electrons. The average molecular weight is 351 g/mol. The molecule has 3 aromatic rings. The number of hydrogen-bond acceptors (Lipinski definition) is 3. The lowest BCUT2D eigenvalue weighted by molar-refractivity contribution is -0.143. The van der Waals surface area contributed by atoms with E-state index < -0.39 is 5.97 Å². The molecule has 1 aromatic heterocycles. The van der Waals surface area contributed by atoms with Crippen molar-refractivity contribution in [2.75, 3.05) is 13.1 Å². The predicted molar refractivity (Wildman–Crippen MR) is 102 cm³/mol. The molecule has 1 fully saturated rings. The van der Waals surface area contributed by atoms with Gasteiger partial charge in [-0.05, 0) is 64.2 Å². The number of carboxylic acid groups (broad SMARTS) is 1. The number of carboxylic acids is 1. The fraction of sp³-hybridized carbons (Fsp3) is 0.286. The van der Waals surface area contributed by atoms with Crippen molar-refractivity contribution >= 4 is 28.1 Å². The molecule has 1 aliphatic rings. The van der Waals surface area contributed by atoms with Gasteiger partial charge in [-0.2, -0.15) is 11.3 Å². The standard InChI is InChI=1S/C21H21NO2S/c23-21(24)18-6-3-10-22(13-18)20(19-9-11-25-14-19)17-8-7-15-4-1-2-5-16(15)12-17/h1-2,4-5,7-9,11-12,14,18,20H,3,6,10,13H2,(H,23,24). The summed E-state index contributed by atoms with van der Waals surface area (Å²) in [5.74, 6) is -0.942. The molecule has 128 valence electrons. The first-order chi connectivity index (χ1) is 12.2. The zero-order chi connectivity index (χ0) is 17.2. The van der Waals surface area contributed by atoms with Crippen LogP contribution in [0.2, 0.25) is 0 Å². The van der Waals surface area contributed by atoms with Crippen molar-refractivity contribution in [2.45, 2.75) is 18.9 Å². The summed E-state index contributed by atoms with van der Waals surface area (Å²) in [6.45, 7) is 1.56. The smallest absolute Gasteiger partial charge is 0.307 e. The summed E-state index contributed by atoms with van der Waals surface area (Å²) in [6, 6.07) is 17.3. The summed E-state index contributed by atoms with van der Waals surface area (Å²) in [5, 5.41) is 16.2. The lowest BCUT2D eigenvalue weighted by atomic mass is 9.91. The first-order valence-electron chi connectivity index (χ1n) is 8.70. The molecule has 0 spiro atoms. The monoisotopic (exact) mass is 351 g/mol. The highest BCUT2D eigenvalue weighted by Gasteiger charge is 2.31. The van der Waals surface area contributed by atoms with Crippen molar-refractivity contribution in [2.24, 2.45) is 5.92 Å². The van der Waals surface area contributed by atoms with Gasteiger partial charge in [0.05, 0.1) is 12.0 Å². The minimum absolute atomic E-state index is 0.123. The lowest BCUT2D eigenvalue weighted by Gasteiger charge is -2.37. The number of thiophene rings is 1. The van der Waals surface area contributed by atoms with E-state index in [-0.39, 0.29) is 12.0 Å². The van der Waals surface area contributed by atoms with Gasteiger partial charge in [0.1, 0.15) is 0 Å². The van der Waals surface area contributed by atoms with Crippen LogP contribution in [0.5, 0.6) is 0 Å². The number of nitrogens with zero attached hydrogens (tertiary/aromatic N) is 1. The van der Waals surface area contributed by atoms with Crippen LogP contribution in [0.4, 0.5) is 0 Å². The van der Waals surface area contributed by atoms with Crippen molar-refractivity contribution in [3.63, 3.8) is 0 Å². The van der Waals surface area contributed by atoms with Crippen molar-refractivity contribution in [1.29, 1.82) is 0 Å². The first-order valence-corrected chi connectivity index (χ1v) is 9.64. The minimum atomic E-state index is -0.674. The summed E-state index contributed by atoms with van der Waals surface area (Å²) < 4.78 is 0. The summed E-state index contributed by atoms with van der Waals surface area (Å²) >= 11 is 1.69. The molecular formula is C21H21NO2S. The van der Waals surface area contributed by atoms with Crippen LogP contribution in [0.15, 0.2) is 59.3 Å². The van der Waals surface area contributed by atoms with Gasteiger partial charge < -0.3 is 5.11 Å². The predicted octanol–water partition coefficient (Wildman–Crippen LogP) is 4.79. The molecule has 4 rings (SSSR count). The second-order valence-corrected chi connectivity index (χ2v) is 7.52. The molecule has 0 aliphatic carbocycles. The number of rotatable bonds is 4. The summed E-state index contributed by atoms with van der Waals surface area (Å²) in [6.07, 6.45) is 1.71. The minimum Gasteiger partial charge on any atom is -0.481 e. The van der Waals surface area contributed by atoms with Gasteiger partial charge in [-0.25, -0.2) is 0 Å². The van der Waals surface area contributed by atoms with E-state index in [0.717, 1.165) is 19.4 Å². The van der Waals surface area contributed by atoms with E-state index in [1.165, 1.54) is 21.9 Å². The van der Waals surface area contributed by atoms with Crippen molar-refractivity contribution in [3.05, 3.63) is 70.4 Å². The van der Waals surface area contributed by atoms with Crippen LogP contribution < -0.4 is 0 Å². The number of carbonyl (C=O) groups is 1. The molecular weight excluding hydrogens is 330 g/mol. The molecule has 2 unspecified atom stereocenters. The fourth-order valence-electron chi connectivity index (χ4n) is 3.87. The maximum Gasteiger partial charge on any atom is 0.307 e.